The number of nitrogens with one attached hydrogen (secondary N) is 7. The van der Waals surface area contributed by atoms with Crippen molar-refractivity contribution in [1.82, 2.24) is 56.8 Å². The summed E-state index contributed by atoms with van der Waals surface area (Å²) in [4.78, 5) is 164. The van der Waals surface area contributed by atoms with Crippen LogP contribution >= 0.6 is 0 Å². The second kappa shape index (κ2) is 30.3. The highest BCUT2D eigenvalue weighted by atomic mass is 16.4. The molecule has 85 heavy (non-hydrogen) atoms. The predicted molar refractivity (Wildman–Crippen MR) is 314 cm³/mol. The number of hydrogen-bond donors (Lipinski definition) is 9. The van der Waals surface area contributed by atoms with Gasteiger partial charge in [-0.1, -0.05) is 106 Å². The van der Waals surface area contributed by atoms with E-state index in [1.807, 2.05) is 48.5 Å². The number of carbonyl (C=O) groups excluding carboxylic acids is 10. The van der Waals surface area contributed by atoms with E-state index in [9.17, 15) is 53.4 Å². The fourth-order valence-electron chi connectivity index (χ4n) is 12.2. The predicted octanol–water partition coefficient (Wildman–Crippen LogP) is 1.44. The van der Waals surface area contributed by atoms with E-state index in [0.717, 1.165) is 6.20 Å². The number of benzene rings is 1. The molecule has 12 atom stereocenters. The molecule has 1 aromatic carbocycles. The number of likely N-dealkylation sites (tertiary alicyclic amines) is 1. The lowest BCUT2D eigenvalue weighted by Crippen LogP contribution is -2.60. The topological polar surface area (TPSA) is 325 Å². The van der Waals surface area contributed by atoms with Crippen molar-refractivity contribution in [2.24, 2.45) is 29.6 Å². The first-order valence-corrected chi connectivity index (χ1v) is 30.7. The van der Waals surface area contributed by atoms with Gasteiger partial charge in [0.05, 0.1) is 6.10 Å². The quantitative estimate of drug-likeness (QED) is 0.107. The summed E-state index contributed by atoms with van der Waals surface area (Å²) in [5, 5.41) is 40.9. The van der Waals surface area contributed by atoms with E-state index < -0.39 is 149 Å². The number of nitrogens with zero attached hydrogens (tertiary/aromatic N) is 4. The molecule has 10 amide bonds. The lowest BCUT2D eigenvalue weighted by atomic mass is 9.97. The SMILES string of the molecule is CCC(C)C1N/C=C(/C(=O)N2CCC[C@H]2C(=O)NC(Cc2ccccc2)C(=O)N[C@@H](CC(C)C)C(=O)O)NC(=O)C(CC(C)C)NC(=O)[C@@H]2CCCN2C(=O)[C@@H]2CCCN2C(=O)C(CC(C)C)NC(=O)C(C(C)C)NC(=O)[C@@H]2C[C@@H](O)CN2C1=O. The van der Waals surface area contributed by atoms with Crippen molar-refractivity contribution in [1.29, 1.82) is 0 Å². The first-order valence-electron chi connectivity index (χ1n) is 30.7. The standard InChI is InChI=1S/C61H93N11O13/c1-11-37(10)50-60(83)72-32-39(73)30-48(72)55(78)68-49(36(8)9)56(79)65-42(27-34(4)5)57(80)71-25-17-22-47(71)59(82)70-24-16-21-46(70)54(77)63-40(26-33(2)3)51(74)67-44(31-62-50)58(81)69-23-15-20-45(69)53(76)64-41(29-38-18-13-12-14-19-38)52(75)66-43(61(84)85)28-35(6)7/h12-14,18-19,31,33-37,39-43,45-50,62,73H,11,15-17,20-30,32H2,1-10H3,(H,63,77)(H,64,76)(H,65,79)(H,66,75)(H,67,74)(H,68,78)(H,84,85)/b44-31-/t37?,39-,40?,41?,42?,43+,45+,46+,47+,48+,49?,50?/m1/s1. The third kappa shape index (κ3) is 17.3. The van der Waals surface area contributed by atoms with Crippen molar-refractivity contribution in [2.45, 2.75) is 213 Å². The molecule has 0 spiro atoms. The third-order valence-electron chi connectivity index (χ3n) is 16.9. The number of carbonyl (C=O) groups is 11. The molecule has 0 aliphatic carbocycles. The number of rotatable bonds is 17. The van der Waals surface area contributed by atoms with Crippen LogP contribution in [0.15, 0.2) is 42.2 Å². The van der Waals surface area contributed by atoms with Crippen LogP contribution in [0, 0.1) is 29.6 Å². The summed E-state index contributed by atoms with van der Waals surface area (Å²) in [7, 11) is 0. The first kappa shape index (κ1) is 67.0. The zero-order valence-corrected chi connectivity index (χ0v) is 51.2. The van der Waals surface area contributed by atoms with Crippen LogP contribution in [-0.2, 0) is 59.2 Å². The minimum absolute atomic E-state index is 0.000827. The molecule has 5 aliphatic rings. The van der Waals surface area contributed by atoms with Gasteiger partial charge in [0.1, 0.15) is 66.1 Å². The monoisotopic (exact) mass is 1190 g/mol. The van der Waals surface area contributed by atoms with Crippen LogP contribution in [0.4, 0.5) is 0 Å². The molecule has 9 N–H and O–H groups in total. The van der Waals surface area contributed by atoms with Gasteiger partial charge in [-0.3, -0.25) is 47.9 Å². The Hall–Kier alpha value is -7.11. The number of fused-ring (bicyclic) bond motifs is 3. The molecule has 1 aromatic rings. The van der Waals surface area contributed by atoms with Crippen molar-refractivity contribution in [2.75, 3.05) is 26.2 Å². The van der Waals surface area contributed by atoms with Gasteiger partial charge in [0, 0.05) is 45.2 Å². The van der Waals surface area contributed by atoms with E-state index in [-0.39, 0.29) is 88.9 Å². The maximum Gasteiger partial charge on any atom is 0.326 e. The molecule has 0 aromatic heterocycles. The lowest BCUT2D eigenvalue weighted by Gasteiger charge is -2.35. The summed E-state index contributed by atoms with van der Waals surface area (Å²) in [6, 6.07) is -3.04. The van der Waals surface area contributed by atoms with Gasteiger partial charge in [0.25, 0.3) is 5.91 Å². The molecule has 0 bridgehead atoms. The highest BCUT2D eigenvalue weighted by molar-refractivity contribution is 6.03. The van der Waals surface area contributed by atoms with Gasteiger partial charge in [-0.15, -0.1) is 0 Å². The van der Waals surface area contributed by atoms with Gasteiger partial charge in [-0.05, 0) is 92.9 Å². The fourth-order valence-corrected chi connectivity index (χ4v) is 12.2. The normalized spacial score (nSPS) is 27.6. The van der Waals surface area contributed by atoms with Gasteiger partial charge >= 0.3 is 5.97 Å². The summed E-state index contributed by atoms with van der Waals surface area (Å²) in [5.41, 5.74) is 0.230. The second-order valence-corrected chi connectivity index (χ2v) is 25.4. The number of aliphatic hydroxyl groups is 1. The van der Waals surface area contributed by atoms with Crippen molar-refractivity contribution in [3.63, 3.8) is 0 Å². The highest BCUT2D eigenvalue weighted by Gasteiger charge is 2.47. The Balaban J connectivity index is 1.41. The first-order chi connectivity index (χ1) is 40.2. The van der Waals surface area contributed by atoms with E-state index in [1.165, 1.54) is 19.6 Å². The Morgan fingerprint density at radius 1 is 0.635 bits per heavy atom. The number of carboxylic acid groups (broad SMARTS) is 1. The van der Waals surface area contributed by atoms with Crippen LogP contribution in [0.1, 0.15) is 145 Å². The summed E-state index contributed by atoms with van der Waals surface area (Å²) < 4.78 is 0. The molecule has 0 saturated carbocycles. The van der Waals surface area contributed by atoms with Gasteiger partial charge in [0.15, 0.2) is 0 Å². The third-order valence-corrected chi connectivity index (χ3v) is 16.9. The van der Waals surface area contributed by atoms with Crippen LogP contribution in [0.5, 0.6) is 0 Å². The van der Waals surface area contributed by atoms with Crippen molar-refractivity contribution >= 4 is 65.0 Å². The molecule has 6 rings (SSSR count). The largest absolute Gasteiger partial charge is 0.480 e. The second-order valence-electron chi connectivity index (χ2n) is 25.4. The number of carboxylic acids is 1. The van der Waals surface area contributed by atoms with Crippen LogP contribution in [0.25, 0.3) is 0 Å². The van der Waals surface area contributed by atoms with E-state index in [2.05, 4.69) is 37.2 Å². The summed E-state index contributed by atoms with van der Waals surface area (Å²) in [6.07, 6.45) is 2.47. The maximum absolute atomic E-state index is 15.3. The highest BCUT2D eigenvalue weighted by Crippen LogP contribution is 2.29. The number of aliphatic carboxylic acids is 1. The summed E-state index contributed by atoms with van der Waals surface area (Å²) in [5.74, 6) is -9.51. The minimum Gasteiger partial charge on any atom is -0.480 e. The molecule has 4 fully saturated rings. The average Bonchev–Trinajstić information content (AvgIpc) is 2.93. The smallest absolute Gasteiger partial charge is 0.326 e. The Kier molecular flexibility index (Phi) is 23.9. The van der Waals surface area contributed by atoms with Crippen LogP contribution in [0.2, 0.25) is 0 Å². The molecule has 0 radical (unpaired) electrons. The van der Waals surface area contributed by atoms with Crippen molar-refractivity contribution in [3.05, 3.63) is 47.8 Å². The van der Waals surface area contributed by atoms with Gasteiger partial charge in [-0.25, -0.2) is 4.79 Å². The average molecular weight is 1190 g/mol. The molecule has 4 saturated heterocycles. The molecule has 5 aliphatic heterocycles. The van der Waals surface area contributed by atoms with Crippen LogP contribution in [0.3, 0.4) is 0 Å². The van der Waals surface area contributed by atoms with E-state index in [0.29, 0.717) is 37.7 Å². The zero-order chi connectivity index (χ0) is 62.6. The van der Waals surface area contributed by atoms with Gasteiger partial charge in [-0.2, -0.15) is 0 Å². The molecule has 470 valence electrons. The minimum atomic E-state index is -1.30. The maximum atomic E-state index is 15.3. The fraction of sp³-hybridized carbons (Fsp3) is 0.689. The van der Waals surface area contributed by atoms with Gasteiger partial charge in [0.2, 0.25) is 53.2 Å². The Labute approximate surface area is 499 Å². The summed E-state index contributed by atoms with van der Waals surface area (Å²) >= 11 is 0. The zero-order valence-electron chi connectivity index (χ0n) is 51.2. The Morgan fingerprint density at radius 2 is 1.24 bits per heavy atom. The number of amides is 10. The lowest BCUT2D eigenvalue weighted by molar-refractivity contribution is -0.148. The van der Waals surface area contributed by atoms with E-state index >= 15 is 9.59 Å². The Morgan fingerprint density at radius 3 is 1.85 bits per heavy atom. The number of hydrogen-bond acceptors (Lipinski definition) is 13. The summed E-state index contributed by atoms with van der Waals surface area (Å²) in [6.45, 7) is 18.2. The molecule has 24 nitrogen and oxygen atoms in total. The van der Waals surface area contributed by atoms with Gasteiger partial charge < -0.3 is 67.0 Å². The van der Waals surface area contributed by atoms with E-state index in [1.54, 1.807) is 51.1 Å². The molecular weight excluding hydrogens is 1090 g/mol. The van der Waals surface area contributed by atoms with Crippen molar-refractivity contribution in [3.8, 4) is 0 Å². The molecular formula is C61H93N11O13. The molecule has 5 heterocycles. The van der Waals surface area contributed by atoms with Crippen molar-refractivity contribution < 1.29 is 63.0 Å². The molecule has 24 heteroatoms. The Bertz CT molecular complexity index is 2630. The van der Waals surface area contributed by atoms with Crippen LogP contribution in [-0.4, -0.2) is 188 Å². The number of aliphatic hydroxyl groups excluding tert-OH is 1. The van der Waals surface area contributed by atoms with E-state index in [4.69, 9.17) is 0 Å². The molecule has 6 unspecified atom stereocenters. The van der Waals surface area contributed by atoms with Crippen LogP contribution < -0.4 is 37.2 Å².